The highest BCUT2D eigenvalue weighted by molar-refractivity contribution is 7.21. The molecule has 126 valence electrons. The smallest absolute Gasteiger partial charge is 0.269 e. The number of aryl methyl sites for hydroxylation is 2. The molecule has 1 aliphatic carbocycles. The Morgan fingerprint density at radius 3 is 2.76 bits per heavy atom. The summed E-state index contributed by atoms with van der Waals surface area (Å²) in [6, 6.07) is 7.71. The summed E-state index contributed by atoms with van der Waals surface area (Å²) in [6.07, 6.45) is 3.07. The lowest BCUT2D eigenvalue weighted by molar-refractivity contribution is -0.384. The van der Waals surface area contributed by atoms with Gasteiger partial charge in [-0.25, -0.2) is 4.98 Å². The van der Waals surface area contributed by atoms with Gasteiger partial charge in [-0.15, -0.1) is 11.3 Å². The average Bonchev–Trinajstić information content (AvgIpc) is 3.17. The topological polar surface area (TPSA) is 111 Å². The van der Waals surface area contributed by atoms with Crippen molar-refractivity contribution < 1.29 is 9.72 Å². The number of nitrogen functional groups attached to an aromatic ring is 1. The first-order valence-corrected chi connectivity index (χ1v) is 8.61. The van der Waals surface area contributed by atoms with Crippen LogP contribution >= 0.6 is 11.3 Å². The van der Waals surface area contributed by atoms with E-state index in [1.54, 1.807) is 0 Å². The second-order valence-electron chi connectivity index (χ2n) is 5.90. The maximum absolute atomic E-state index is 12.5. The fourth-order valence-corrected chi connectivity index (χ4v) is 4.01. The summed E-state index contributed by atoms with van der Waals surface area (Å²) in [7, 11) is 0. The molecule has 0 bridgehead atoms. The maximum Gasteiger partial charge on any atom is 0.269 e. The summed E-state index contributed by atoms with van der Waals surface area (Å²) >= 11 is 1.27. The summed E-state index contributed by atoms with van der Waals surface area (Å²) in [5.41, 5.74) is 9.35. The van der Waals surface area contributed by atoms with Crippen LogP contribution in [0.5, 0.6) is 0 Å². The fourth-order valence-electron chi connectivity index (χ4n) is 3.02. The number of benzene rings is 1. The van der Waals surface area contributed by atoms with Crippen LogP contribution in [0.2, 0.25) is 0 Å². The number of nitrogens with two attached hydrogens (primary N) is 1. The number of pyridine rings is 1. The Kier molecular flexibility index (Phi) is 3.61. The number of anilines is 2. The number of nitro benzene ring substituents is 1. The molecule has 7 nitrogen and oxygen atoms in total. The quantitative estimate of drug-likeness (QED) is 0.552. The van der Waals surface area contributed by atoms with E-state index in [-0.39, 0.29) is 11.6 Å². The molecule has 1 aliphatic rings. The fraction of sp³-hybridized carbons (Fsp3) is 0.176. The van der Waals surface area contributed by atoms with Gasteiger partial charge in [-0.3, -0.25) is 14.9 Å². The Hall–Kier alpha value is -3.00. The van der Waals surface area contributed by atoms with E-state index in [2.05, 4.69) is 10.3 Å². The standard InChI is InChI=1S/C17H14N4O3S/c18-14-12-8-9-2-1-3-13(9)20-17(12)25-15(14)16(22)19-10-4-6-11(7-5-10)21(23)24/h4-8H,1-3,18H2,(H,19,22). The molecule has 8 heteroatoms. The SMILES string of the molecule is Nc1c(C(=O)Nc2ccc([N+](=O)[O-])cc2)sc2nc3c(cc12)CCC3. The van der Waals surface area contributed by atoms with E-state index >= 15 is 0 Å². The summed E-state index contributed by atoms with van der Waals surface area (Å²) in [4.78, 5) is 28.5. The maximum atomic E-state index is 12.5. The molecule has 0 saturated heterocycles. The van der Waals surface area contributed by atoms with Crippen LogP contribution in [-0.2, 0) is 12.8 Å². The van der Waals surface area contributed by atoms with Crippen molar-refractivity contribution in [1.29, 1.82) is 0 Å². The lowest BCUT2D eigenvalue weighted by Crippen LogP contribution is -2.11. The van der Waals surface area contributed by atoms with E-state index < -0.39 is 4.92 Å². The zero-order valence-electron chi connectivity index (χ0n) is 13.1. The van der Waals surface area contributed by atoms with E-state index in [1.165, 1.54) is 41.2 Å². The van der Waals surface area contributed by atoms with Crippen LogP contribution in [0.1, 0.15) is 27.3 Å². The van der Waals surface area contributed by atoms with E-state index in [0.717, 1.165) is 35.2 Å². The molecular weight excluding hydrogens is 340 g/mol. The molecule has 2 aromatic heterocycles. The van der Waals surface area contributed by atoms with Gasteiger partial charge in [0.2, 0.25) is 0 Å². The van der Waals surface area contributed by atoms with E-state index in [4.69, 9.17) is 5.73 Å². The first kappa shape index (κ1) is 15.5. The van der Waals surface area contributed by atoms with Crippen LogP contribution in [-0.4, -0.2) is 15.8 Å². The molecule has 0 saturated carbocycles. The van der Waals surface area contributed by atoms with Crippen molar-refractivity contribution in [3.8, 4) is 0 Å². The van der Waals surface area contributed by atoms with Gasteiger partial charge in [-0.1, -0.05) is 0 Å². The highest BCUT2D eigenvalue weighted by Crippen LogP contribution is 2.36. The van der Waals surface area contributed by atoms with Crippen molar-refractivity contribution in [3.05, 3.63) is 56.6 Å². The number of carbonyl (C=O) groups excluding carboxylic acids is 1. The molecule has 0 fully saturated rings. The molecule has 3 N–H and O–H groups in total. The Balaban J connectivity index is 1.63. The van der Waals surface area contributed by atoms with Gasteiger partial charge in [0.15, 0.2) is 0 Å². The van der Waals surface area contributed by atoms with Gasteiger partial charge in [0.1, 0.15) is 9.71 Å². The van der Waals surface area contributed by atoms with Crippen LogP contribution in [0.15, 0.2) is 30.3 Å². The predicted octanol–water partition coefficient (Wildman–Crippen LogP) is 3.53. The molecule has 0 atom stereocenters. The monoisotopic (exact) mass is 354 g/mol. The van der Waals surface area contributed by atoms with Gasteiger partial charge in [-0.05, 0) is 43.0 Å². The molecule has 2 heterocycles. The largest absolute Gasteiger partial charge is 0.397 e. The summed E-state index contributed by atoms with van der Waals surface area (Å²) in [5, 5.41) is 14.2. The number of aromatic nitrogens is 1. The van der Waals surface area contributed by atoms with Crippen LogP contribution in [0.25, 0.3) is 10.2 Å². The minimum absolute atomic E-state index is 0.0295. The van der Waals surface area contributed by atoms with Crippen LogP contribution in [0, 0.1) is 10.1 Å². The number of hydrogen-bond acceptors (Lipinski definition) is 6. The van der Waals surface area contributed by atoms with Crippen molar-refractivity contribution in [2.45, 2.75) is 19.3 Å². The molecule has 1 aromatic carbocycles. The summed E-state index contributed by atoms with van der Waals surface area (Å²) < 4.78 is 0. The lowest BCUT2D eigenvalue weighted by atomic mass is 10.1. The third-order valence-electron chi connectivity index (χ3n) is 4.29. The van der Waals surface area contributed by atoms with Gasteiger partial charge >= 0.3 is 0 Å². The van der Waals surface area contributed by atoms with Gasteiger partial charge in [0, 0.05) is 28.9 Å². The minimum Gasteiger partial charge on any atom is -0.397 e. The number of nitro groups is 1. The van der Waals surface area contributed by atoms with Crippen molar-refractivity contribution in [3.63, 3.8) is 0 Å². The number of non-ortho nitro benzene ring substituents is 1. The van der Waals surface area contributed by atoms with Crippen LogP contribution in [0.3, 0.4) is 0 Å². The molecule has 25 heavy (non-hydrogen) atoms. The van der Waals surface area contributed by atoms with Crippen LogP contribution in [0.4, 0.5) is 17.1 Å². The summed E-state index contributed by atoms with van der Waals surface area (Å²) in [5.74, 6) is -0.338. The first-order valence-electron chi connectivity index (χ1n) is 7.79. The Bertz CT molecular complexity index is 1010. The molecule has 0 unspecified atom stereocenters. The third kappa shape index (κ3) is 2.70. The average molecular weight is 354 g/mol. The molecule has 0 spiro atoms. The minimum atomic E-state index is -0.486. The second-order valence-corrected chi connectivity index (χ2v) is 6.90. The second kappa shape index (κ2) is 5.82. The number of carbonyl (C=O) groups is 1. The zero-order chi connectivity index (χ0) is 17.6. The highest BCUT2D eigenvalue weighted by atomic mass is 32.1. The number of thiophene rings is 1. The van der Waals surface area contributed by atoms with Crippen LogP contribution < -0.4 is 11.1 Å². The normalized spacial score (nSPS) is 13.0. The number of nitrogens with zero attached hydrogens (tertiary/aromatic N) is 2. The Morgan fingerprint density at radius 2 is 2.04 bits per heavy atom. The molecular formula is C17H14N4O3S. The molecule has 1 amide bonds. The van der Waals surface area contributed by atoms with Gasteiger partial charge in [0.25, 0.3) is 11.6 Å². The predicted molar refractivity (Wildman–Crippen MR) is 97.1 cm³/mol. The molecule has 0 aliphatic heterocycles. The first-order chi connectivity index (χ1) is 12.0. The number of amides is 1. The molecule has 3 aromatic rings. The third-order valence-corrected chi connectivity index (χ3v) is 5.41. The van der Waals surface area contributed by atoms with Gasteiger partial charge < -0.3 is 11.1 Å². The number of nitrogens with one attached hydrogen (secondary N) is 1. The zero-order valence-corrected chi connectivity index (χ0v) is 13.9. The number of fused-ring (bicyclic) bond motifs is 2. The van der Waals surface area contributed by atoms with E-state index in [9.17, 15) is 14.9 Å². The molecule has 0 radical (unpaired) electrons. The van der Waals surface area contributed by atoms with Crippen molar-refractivity contribution in [2.75, 3.05) is 11.1 Å². The van der Waals surface area contributed by atoms with Crippen molar-refractivity contribution in [1.82, 2.24) is 4.98 Å². The van der Waals surface area contributed by atoms with Crippen molar-refractivity contribution in [2.24, 2.45) is 0 Å². The Morgan fingerprint density at radius 1 is 1.28 bits per heavy atom. The summed E-state index contributed by atoms with van der Waals surface area (Å²) in [6.45, 7) is 0. The number of rotatable bonds is 3. The van der Waals surface area contributed by atoms with Gasteiger partial charge in [-0.2, -0.15) is 0 Å². The highest BCUT2D eigenvalue weighted by Gasteiger charge is 2.21. The van der Waals surface area contributed by atoms with E-state index in [1.807, 2.05) is 6.07 Å². The molecule has 4 rings (SSSR count). The van der Waals surface area contributed by atoms with Gasteiger partial charge in [0.05, 0.1) is 10.6 Å². The Labute approximate surface area is 146 Å². The van der Waals surface area contributed by atoms with E-state index in [0.29, 0.717) is 16.3 Å². The lowest BCUT2D eigenvalue weighted by Gasteiger charge is -2.04. The van der Waals surface area contributed by atoms with Crippen molar-refractivity contribution >= 4 is 44.5 Å². The number of hydrogen-bond donors (Lipinski definition) is 2.